The van der Waals surface area contributed by atoms with Crippen LogP contribution in [0.15, 0.2) is 40.9 Å². The molecule has 0 radical (unpaired) electrons. The second-order valence-electron chi connectivity index (χ2n) is 4.96. The Kier molecular flexibility index (Phi) is 4.17. The lowest BCUT2D eigenvalue weighted by molar-refractivity contribution is 0.102. The molecule has 108 valence electrons. The van der Waals surface area contributed by atoms with Crippen LogP contribution < -0.4 is 10.6 Å². The van der Waals surface area contributed by atoms with Gasteiger partial charge in [0.25, 0.3) is 5.91 Å². The van der Waals surface area contributed by atoms with E-state index in [4.69, 9.17) is 11.6 Å². The van der Waals surface area contributed by atoms with Crippen LogP contribution in [0, 0.1) is 0 Å². The van der Waals surface area contributed by atoms with Crippen LogP contribution in [0.5, 0.6) is 0 Å². The van der Waals surface area contributed by atoms with Crippen molar-refractivity contribution in [1.29, 1.82) is 0 Å². The number of halogens is 2. The summed E-state index contributed by atoms with van der Waals surface area (Å²) in [6.07, 6.45) is 2.14. The summed E-state index contributed by atoms with van der Waals surface area (Å²) in [5.41, 5.74) is 3.64. The number of amides is 1. The van der Waals surface area contributed by atoms with Gasteiger partial charge in [-0.3, -0.25) is 4.79 Å². The van der Waals surface area contributed by atoms with Crippen LogP contribution in [-0.4, -0.2) is 12.5 Å². The monoisotopic (exact) mass is 364 g/mol. The van der Waals surface area contributed by atoms with Gasteiger partial charge in [0, 0.05) is 22.4 Å². The molecule has 1 heterocycles. The highest BCUT2D eigenvalue weighted by Gasteiger charge is 2.14. The van der Waals surface area contributed by atoms with Crippen LogP contribution >= 0.6 is 27.5 Å². The lowest BCUT2D eigenvalue weighted by atomic mass is 10.0. The Morgan fingerprint density at radius 2 is 2.14 bits per heavy atom. The van der Waals surface area contributed by atoms with Crippen molar-refractivity contribution in [3.63, 3.8) is 0 Å². The lowest BCUT2D eigenvalue weighted by Gasteiger charge is -2.19. The predicted molar refractivity (Wildman–Crippen MR) is 90.4 cm³/mol. The molecular weight excluding hydrogens is 352 g/mol. The zero-order chi connectivity index (χ0) is 14.8. The molecule has 0 aromatic heterocycles. The number of aryl methyl sites for hydroxylation is 1. The summed E-state index contributed by atoms with van der Waals surface area (Å²) >= 11 is 9.48. The van der Waals surface area contributed by atoms with E-state index in [-0.39, 0.29) is 5.91 Å². The Morgan fingerprint density at radius 1 is 1.29 bits per heavy atom. The van der Waals surface area contributed by atoms with E-state index in [1.165, 1.54) is 5.56 Å². The summed E-state index contributed by atoms with van der Waals surface area (Å²) < 4.78 is 0.714. The zero-order valence-corrected chi connectivity index (χ0v) is 13.6. The van der Waals surface area contributed by atoms with Gasteiger partial charge in [0.2, 0.25) is 0 Å². The van der Waals surface area contributed by atoms with Crippen LogP contribution in [-0.2, 0) is 6.42 Å². The van der Waals surface area contributed by atoms with Gasteiger partial charge in [-0.2, -0.15) is 0 Å². The number of nitrogens with one attached hydrogen (secondary N) is 2. The van der Waals surface area contributed by atoms with E-state index in [1.807, 2.05) is 24.3 Å². The summed E-state index contributed by atoms with van der Waals surface area (Å²) in [6, 6.07) is 11.2. The highest BCUT2D eigenvalue weighted by Crippen LogP contribution is 2.28. The Bertz CT molecular complexity index is 703. The van der Waals surface area contributed by atoms with Crippen LogP contribution in [0.3, 0.4) is 0 Å². The molecule has 0 saturated heterocycles. The van der Waals surface area contributed by atoms with Crippen molar-refractivity contribution < 1.29 is 4.79 Å². The molecule has 0 atom stereocenters. The SMILES string of the molecule is O=C(Nc1ccc2c(c1)CCCN2)c1cccc(Br)c1Cl. The van der Waals surface area contributed by atoms with Gasteiger partial charge in [0.05, 0.1) is 10.6 Å². The molecule has 1 aliphatic rings. The fraction of sp³-hybridized carbons (Fsp3) is 0.188. The van der Waals surface area contributed by atoms with Gasteiger partial charge in [-0.25, -0.2) is 0 Å². The first-order chi connectivity index (χ1) is 10.1. The van der Waals surface area contributed by atoms with Gasteiger partial charge in [-0.05, 0) is 64.7 Å². The van der Waals surface area contributed by atoms with Gasteiger partial charge < -0.3 is 10.6 Å². The first-order valence-corrected chi connectivity index (χ1v) is 7.94. The smallest absolute Gasteiger partial charge is 0.257 e. The molecule has 2 aromatic carbocycles. The normalized spacial score (nSPS) is 13.2. The standard InChI is InChI=1S/C16H14BrClN2O/c17-13-5-1-4-12(15(13)18)16(21)20-11-6-7-14-10(9-11)3-2-8-19-14/h1,4-7,9,19H,2-3,8H2,(H,20,21). The molecule has 2 aromatic rings. The second kappa shape index (κ2) is 6.08. The minimum absolute atomic E-state index is 0.204. The number of benzene rings is 2. The molecule has 1 aliphatic heterocycles. The van der Waals surface area contributed by atoms with Crippen molar-refractivity contribution in [2.45, 2.75) is 12.8 Å². The summed E-state index contributed by atoms with van der Waals surface area (Å²) in [6.45, 7) is 1.01. The Morgan fingerprint density at radius 3 is 3.00 bits per heavy atom. The van der Waals surface area contributed by atoms with E-state index in [1.54, 1.807) is 12.1 Å². The van der Waals surface area contributed by atoms with Gasteiger partial charge in [-0.1, -0.05) is 17.7 Å². The fourth-order valence-electron chi connectivity index (χ4n) is 2.43. The molecule has 21 heavy (non-hydrogen) atoms. The van der Waals surface area contributed by atoms with Crippen LogP contribution in [0.2, 0.25) is 5.02 Å². The molecular formula is C16H14BrClN2O. The Balaban J connectivity index is 1.83. The first-order valence-electron chi connectivity index (χ1n) is 6.77. The lowest BCUT2D eigenvalue weighted by Crippen LogP contribution is -2.15. The molecule has 0 saturated carbocycles. The average Bonchev–Trinajstić information content (AvgIpc) is 2.50. The summed E-state index contributed by atoms with van der Waals surface area (Å²) in [7, 11) is 0. The number of fused-ring (bicyclic) bond motifs is 1. The topological polar surface area (TPSA) is 41.1 Å². The molecule has 5 heteroatoms. The maximum absolute atomic E-state index is 12.3. The number of hydrogen-bond acceptors (Lipinski definition) is 2. The van der Waals surface area contributed by atoms with E-state index < -0.39 is 0 Å². The molecule has 0 fully saturated rings. The summed E-state index contributed by atoms with van der Waals surface area (Å²) in [5, 5.41) is 6.68. The molecule has 3 nitrogen and oxygen atoms in total. The maximum Gasteiger partial charge on any atom is 0.257 e. The zero-order valence-electron chi connectivity index (χ0n) is 11.2. The minimum atomic E-state index is -0.204. The van der Waals surface area contributed by atoms with Crippen molar-refractivity contribution in [1.82, 2.24) is 0 Å². The molecule has 1 amide bonds. The number of carbonyl (C=O) groups excluding carboxylic acids is 1. The van der Waals surface area contributed by atoms with E-state index in [9.17, 15) is 4.79 Å². The fourth-order valence-corrected chi connectivity index (χ4v) is 3.01. The molecule has 0 aliphatic carbocycles. The summed E-state index contributed by atoms with van der Waals surface area (Å²) in [4.78, 5) is 12.3. The van der Waals surface area contributed by atoms with Gasteiger partial charge in [-0.15, -0.1) is 0 Å². The highest BCUT2D eigenvalue weighted by atomic mass is 79.9. The number of carbonyl (C=O) groups is 1. The third kappa shape index (κ3) is 3.06. The largest absolute Gasteiger partial charge is 0.385 e. The molecule has 3 rings (SSSR count). The van der Waals surface area contributed by atoms with Crippen LogP contribution in [0.25, 0.3) is 0 Å². The van der Waals surface area contributed by atoms with E-state index in [0.717, 1.165) is 30.8 Å². The van der Waals surface area contributed by atoms with E-state index in [2.05, 4.69) is 26.6 Å². The maximum atomic E-state index is 12.3. The molecule has 0 bridgehead atoms. The Hall–Kier alpha value is -1.52. The van der Waals surface area contributed by atoms with Crippen molar-refractivity contribution in [2.24, 2.45) is 0 Å². The third-order valence-electron chi connectivity index (χ3n) is 3.50. The third-order valence-corrected chi connectivity index (χ3v) is 4.79. The van der Waals surface area contributed by atoms with Crippen molar-refractivity contribution >= 4 is 44.8 Å². The number of anilines is 2. The van der Waals surface area contributed by atoms with E-state index in [0.29, 0.717) is 15.1 Å². The molecule has 0 unspecified atom stereocenters. The summed E-state index contributed by atoms with van der Waals surface area (Å²) in [5.74, 6) is -0.204. The second-order valence-corrected chi connectivity index (χ2v) is 6.19. The minimum Gasteiger partial charge on any atom is -0.385 e. The quantitative estimate of drug-likeness (QED) is 0.809. The van der Waals surface area contributed by atoms with Gasteiger partial charge >= 0.3 is 0 Å². The van der Waals surface area contributed by atoms with Crippen LogP contribution in [0.1, 0.15) is 22.3 Å². The average molecular weight is 366 g/mol. The molecule has 0 spiro atoms. The number of hydrogen-bond donors (Lipinski definition) is 2. The first kappa shape index (κ1) is 14.4. The number of rotatable bonds is 2. The predicted octanol–water partition coefficient (Wildman–Crippen LogP) is 4.71. The van der Waals surface area contributed by atoms with Crippen molar-refractivity contribution in [3.05, 3.63) is 57.0 Å². The van der Waals surface area contributed by atoms with Crippen LogP contribution in [0.4, 0.5) is 11.4 Å². The highest BCUT2D eigenvalue weighted by molar-refractivity contribution is 9.10. The Labute approximate surface area is 136 Å². The van der Waals surface area contributed by atoms with Gasteiger partial charge in [0.1, 0.15) is 0 Å². The van der Waals surface area contributed by atoms with Gasteiger partial charge in [0.15, 0.2) is 0 Å². The van der Waals surface area contributed by atoms with Crippen molar-refractivity contribution in [3.8, 4) is 0 Å². The van der Waals surface area contributed by atoms with Crippen molar-refractivity contribution in [2.75, 3.05) is 17.2 Å². The van der Waals surface area contributed by atoms with E-state index >= 15 is 0 Å². The molecule has 2 N–H and O–H groups in total.